The van der Waals surface area contributed by atoms with Crippen molar-refractivity contribution in [3.8, 4) is 0 Å². The Hall–Kier alpha value is -0.300. The summed E-state index contributed by atoms with van der Waals surface area (Å²) in [6, 6.07) is 0. The maximum atomic E-state index is 9.83. The van der Waals surface area contributed by atoms with Crippen LogP contribution in [0.2, 0.25) is 0 Å². The molecule has 0 spiro atoms. The van der Waals surface area contributed by atoms with Gasteiger partial charge in [-0.3, -0.25) is 0 Å². The molecule has 1 aliphatic rings. The standard InChI is InChI=1S/C9H16O/c1-3-9(10)7-5-4-6-8(9)2/h3,8,10H,1,4-7H2,2H3. The topological polar surface area (TPSA) is 20.2 Å². The van der Waals surface area contributed by atoms with E-state index in [0.29, 0.717) is 5.92 Å². The summed E-state index contributed by atoms with van der Waals surface area (Å²) in [6.07, 6.45) is 6.15. The molecule has 1 rings (SSSR count). The summed E-state index contributed by atoms with van der Waals surface area (Å²) in [7, 11) is 0. The van der Waals surface area contributed by atoms with Gasteiger partial charge in [0.15, 0.2) is 0 Å². The molecule has 1 N–H and O–H groups in total. The van der Waals surface area contributed by atoms with Crippen LogP contribution in [0.1, 0.15) is 32.6 Å². The normalized spacial score (nSPS) is 41.2. The molecule has 0 saturated heterocycles. The molecule has 0 aromatic carbocycles. The Balaban J connectivity index is 2.62. The highest BCUT2D eigenvalue weighted by Crippen LogP contribution is 2.33. The van der Waals surface area contributed by atoms with E-state index in [1.165, 1.54) is 6.42 Å². The van der Waals surface area contributed by atoms with Crippen molar-refractivity contribution in [1.29, 1.82) is 0 Å². The van der Waals surface area contributed by atoms with E-state index in [9.17, 15) is 5.11 Å². The lowest BCUT2D eigenvalue weighted by Gasteiger charge is -2.35. The first kappa shape index (κ1) is 7.80. The predicted molar refractivity (Wildman–Crippen MR) is 42.8 cm³/mol. The van der Waals surface area contributed by atoms with Gasteiger partial charge < -0.3 is 5.11 Å². The van der Waals surface area contributed by atoms with E-state index < -0.39 is 5.60 Å². The van der Waals surface area contributed by atoms with E-state index in [1.807, 2.05) is 0 Å². The minimum Gasteiger partial charge on any atom is -0.386 e. The van der Waals surface area contributed by atoms with Gasteiger partial charge in [-0.25, -0.2) is 0 Å². The van der Waals surface area contributed by atoms with Crippen molar-refractivity contribution in [2.45, 2.75) is 38.2 Å². The highest BCUT2D eigenvalue weighted by atomic mass is 16.3. The Morgan fingerprint density at radius 1 is 1.60 bits per heavy atom. The summed E-state index contributed by atoms with van der Waals surface area (Å²) in [5.74, 6) is 0.402. The van der Waals surface area contributed by atoms with Crippen molar-refractivity contribution in [2.24, 2.45) is 5.92 Å². The van der Waals surface area contributed by atoms with Crippen LogP contribution in [0.15, 0.2) is 12.7 Å². The number of rotatable bonds is 1. The van der Waals surface area contributed by atoms with Gasteiger partial charge in [-0.05, 0) is 18.8 Å². The van der Waals surface area contributed by atoms with Gasteiger partial charge in [0.2, 0.25) is 0 Å². The lowest BCUT2D eigenvalue weighted by molar-refractivity contribution is 0.00376. The molecule has 0 heterocycles. The molecule has 0 aromatic rings. The molecular weight excluding hydrogens is 124 g/mol. The molecule has 0 aliphatic heterocycles. The second-order valence-corrected chi connectivity index (χ2v) is 3.34. The minimum atomic E-state index is -0.557. The van der Waals surface area contributed by atoms with Crippen LogP contribution in [-0.2, 0) is 0 Å². The van der Waals surface area contributed by atoms with Crippen LogP contribution in [0.25, 0.3) is 0 Å². The third-order valence-corrected chi connectivity index (χ3v) is 2.67. The minimum absolute atomic E-state index is 0.402. The lowest BCUT2D eigenvalue weighted by Crippen LogP contribution is -2.36. The summed E-state index contributed by atoms with van der Waals surface area (Å²) in [5, 5.41) is 9.83. The molecule has 0 aromatic heterocycles. The van der Waals surface area contributed by atoms with Crippen LogP contribution in [0.5, 0.6) is 0 Å². The molecule has 0 amide bonds. The van der Waals surface area contributed by atoms with Crippen molar-refractivity contribution < 1.29 is 5.11 Å². The van der Waals surface area contributed by atoms with Crippen LogP contribution in [0.4, 0.5) is 0 Å². The second-order valence-electron chi connectivity index (χ2n) is 3.34. The summed E-state index contributed by atoms with van der Waals surface area (Å²) >= 11 is 0. The first-order valence-electron chi connectivity index (χ1n) is 4.05. The Labute approximate surface area is 62.8 Å². The zero-order valence-corrected chi connectivity index (χ0v) is 6.64. The van der Waals surface area contributed by atoms with Gasteiger partial charge in [-0.2, -0.15) is 0 Å². The maximum absolute atomic E-state index is 9.83. The highest BCUT2D eigenvalue weighted by Gasteiger charge is 2.32. The molecule has 2 unspecified atom stereocenters. The molecule has 1 aliphatic carbocycles. The van der Waals surface area contributed by atoms with E-state index in [0.717, 1.165) is 19.3 Å². The molecular formula is C9H16O. The second kappa shape index (κ2) is 2.75. The van der Waals surface area contributed by atoms with E-state index in [1.54, 1.807) is 6.08 Å². The van der Waals surface area contributed by atoms with E-state index >= 15 is 0 Å². The van der Waals surface area contributed by atoms with Gasteiger partial charge in [0.25, 0.3) is 0 Å². The average molecular weight is 140 g/mol. The number of hydrogen-bond acceptors (Lipinski definition) is 1. The highest BCUT2D eigenvalue weighted by molar-refractivity contribution is 5.00. The molecule has 0 bridgehead atoms. The maximum Gasteiger partial charge on any atom is 0.0850 e. The first-order chi connectivity index (χ1) is 4.69. The Morgan fingerprint density at radius 2 is 2.30 bits per heavy atom. The summed E-state index contributed by atoms with van der Waals surface area (Å²) < 4.78 is 0. The number of hydrogen-bond donors (Lipinski definition) is 1. The van der Waals surface area contributed by atoms with Crippen LogP contribution < -0.4 is 0 Å². The molecule has 1 fully saturated rings. The van der Waals surface area contributed by atoms with E-state index in [-0.39, 0.29) is 0 Å². The third-order valence-electron chi connectivity index (χ3n) is 2.67. The van der Waals surface area contributed by atoms with Gasteiger partial charge in [0, 0.05) is 0 Å². The van der Waals surface area contributed by atoms with Crippen molar-refractivity contribution in [3.05, 3.63) is 12.7 Å². The van der Waals surface area contributed by atoms with Gasteiger partial charge in [-0.1, -0.05) is 25.8 Å². The average Bonchev–Trinajstić information content (AvgIpc) is 1.96. The van der Waals surface area contributed by atoms with Gasteiger partial charge in [0.1, 0.15) is 0 Å². The van der Waals surface area contributed by atoms with Crippen molar-refractivity contribution >= 4 is 0 Å². The third kappa shape index (κ3) is 1.24. The fraction of sp³-hybridized carbons (Fsp3) is 0.778. The predicted octanol–water partition coefficient (Wildman–Crippen LogP) is 2.11. The Bertz CT molecular complexity index is 131. The van der Waals surface area contributed by atoms with Crippen LogP contribution in [0.3, 0.4) is 0 Å². The molecule has 1 nitrogen and oxygen atoms in total. The molecule has 0 radical (unpaired) electrons. The Morgan fingerprint density at radius 3 is 2.70 bits per heavy atom. The monoisotopic (exact) mass is 140 g/mol. The fourth-order valence-electron chi connectivity index (χ4n) is 1.66. The molecule has 58 valence electrons. The van der Waals surface area contributed by atoms with Gasteiger partial charge in [0.05, 0.1) is 5.60 Å². The Kier molecular flexibility index (Phi) is 2.14. The summed E-state index contributed by atoms with van der Waals surface area (Å²) in [6.45, 7) is 5.75. The molecule has 1 heteroatoms. The van der Waals surface area contributed by atoms with Crippen LogP contribution >= 0.6 is 0 Å². The zero-order chi connectivity index (χ0) is 7.61. The fourth-order valence-corrected chi connectivity index (χ4v) is 1.66. The molecule has 10 heavy (non-hydrogen) atoms. The molecule has 2 atom stereocenters. The van der Waals surface area contributed by atoms with Crippen molar-refractivity contribution in [3.63, 3.8) is 0 Å². The first-order valence-corrected chi connectivity index (χ1v) is 4.05. The van der Waals surface area contributed by atoms with E-state index in [4.69, 9.17) is 0 Å². The van der Waals surface area contributed by atoms with E-state index in [2.05, 4.69) is 13.5 Å². The molecule has 1 saturated carbocycles. The summed E-state index contributed by atoms with van der Waals surface area (Å²) in [4.78, 5) is 0. The van der Waals surface area contributed by atoms with Crippen LogP contribution in [0, 0.1) is 5.92 Å². The van der Waals surface area contributed by atoms with Crippen molar-refractivity contribution in [1.82, 2.24) is 0 Å². The lowest BCUT2D eigenvalue weighted by atomic mass is 9.77. The largest absolute Gasteiger partial charge is 0.386 e. The smallest absolute Gasteiger partial charge is 0.0850 e. The van der Waals surface area contributed by atoms with Gasteiger partial charge >= 0.3 is 0 Å². The van der Waals surface area contributed by atoms with Gasteiger partial charge in [-0.15, -0.1) is 6.58 Å². The van der Waals surface area contributed by atoms with Crippen molar-refractivity contribution in [2.75, 3.05) is 0 Å². The summed E-state index contributed by atoms with van der Waals surface area (Å²) in [5.41, 5.74) is -0.557. The zero-order valence-electron chi connectivity index (χ0n) is 6.64. The SMILES string of the molecule is C=CC1(O)CCCCC1C. The quantitative estimate of drug-likeness (QED) is 0.553. The number of aliphatic hydroxyl groups is 1. The van der Waals surface area contributed by atoms with Crippen LogP contribution in [-0.4, -0.2) is 10.7 Å².